The number of alkyl halides is 3. The fourth-order valence-corrected chi connectivity index (χ4v) is 3.32. The number of carbonyl (C=O) groups is 2. The number of para-hydroxylation sites is 1. The van der Waals surface area contributed by atoms with Crippen molar-refractivity contribution in [2.75, 3.05) is 26.7 Å². The maximum atomic E-state index is 12.6. The molecule has 2 amide bonds. The third-order valence-corrected chi connectivity index (χ3v) is 4.62. The summed E-state index contributed by atoms with van der Waals surface area (Å²) in [4.78, 5) is 27.9. The van der Waals surface area contributed by atoms with Gasteiger partial charge in [0.2, 0.25) is 5.91 Å². The van der Waals surface area contributed by atoms with E-state index in [1.165, 1.54) is 35.3 Å². The van der Waals surface area contributed by atoms with Gasteiger partial charge in [-0.2, -0.15) is 0 Å². The third-order valence-electron chi connectivity index (χ3n) is 4.62. The number of benzene rings is 1. The zero-order chi connectivity index (χ0) is 23.2. The second-order valence-corrected chi connectivity index (χ2v) is 8.57. The Bertz CT molecular complexity index is 803. The quantitative estimate of drug-likeness (QED) is 0.620. The number of halogens is 3. The van der Waals surface area contributed by atoms with E-state index in [0.29, 0.717) is 19.6 Å². The predicted octanol–water partition coefficient (Wildman–Crippen LogP) is 4.70. The van der Waals surface area contributed by atoms with Gasteiger partial charge in [0.15, 0.2) is 0 Å². The number of likely N-dealkylation sites (tertiary alicyclic amines) is 1. The molecule has 0 aromatic heterocycles. The van der Waals surface area contributed by atoms with E-state index in [2.05, 4.69) is 4.74 Å². The molecule has 0 N–H and O–H groups in total. The molecule has 1 aromatic carbocycles. The van der Waals surface area contributed by atoms with Crippen molar-refractivity contribution in [3.8, 4) is 5.75 Å². The highest BCUT2D eigenvalue weighted by atomic mass is 19.4. The molecule has 1 unspecified atom stereocenters. The van der Waals surface area contributed by atoms with Gasteiger partial charge in [-0.1, -0.05) is 18.2 Å². The van der Waals surface area contributed by atoms with Gasteiger partial charge in [0.1, 0.15) is 11.4 Å². The van der Waals surface area contributed by atoms with Crippen molar-refractivity contribution in [2.24, 2.45) is 5.92 Å². The van der Waals surface area contributed by atoms with Gasteiger partial charge in [-0.25, -0.2) is 4.79 Å². The Balaban J connectivity index is 1.97. The Morgan fingerprint density at radius 1 is 1.23 bits per heavy atom. The van der Waals surface area contributed by atoms with Gasteiger partial charge >= 0.3 is 12.5 Å². The minimum absolute atomic E-state index is 0.0875. The molecule has 0 bridgehead atoms. The lowest BCUT2D eigenvalue weighted by molar-refractivity contribution is -0.274. The van der Waals surface area contributed by atoms with E-state index in [0.717, 1.165) is 12.8 Å². The highest BCUT2D eigenvalue weighted by Gasteiger charge is 2.32. The van der Waals surface area contributed by atoms with E-state index in [4.69, 9.17) is 4.74 Å². The molecule has 2 rings (SSSR count). The molecule has 172 valence electrons. The average molecular weight is 442 g/mol. The number of piperidine rings is 1. The first-order valence-corrected chi connectivity index (χ1v) is 10.1. The molecule has 31 heavy (non-hydrogen) atoms. The first-order valence-electron chi connectivity index (χ1n) is 10.1. The molecule has 0 radical (unpaired) electrons. The molecule has 1 heterocycles. The number of hydrogen-bond donors (Lipinski definition) is 0. The molecule has 9 heteroatoms. The summed E-state index contributed by atoms with van der Waals surface area (Å²) < 4.78 is 47.0. The second kappa shape index (κ2) is 10.1. The summed E-state index contributed by atoms with van der Waals surface area (Å²) in [6, 6.07) is 5.63. The lowest BCUT2D eigenvalue weighted by Gasteiger charge is -2.34. The Morgan fingerprint density at radius 2 is 1.90 bits per heavy atom. The Labute approximate surface area is 180 Å². The van der Waals surface area contributed by atoms with Gasteiger partial charge in [0, 0.05) is 38.3 Å². The van der Waals surface area contributed by atoms with Crippen LogP contribution >= 0.6 is 0 Å². The van der Waals surface area contributed by atoms with Crippen molar-refractivity contribution >= 4 is 18.1 Å². The summed E-state index contributed by atoms with van der Waals surface area (Å²) >= 11 is 0. The molecule has 1 fully saturated rings. The van der Waals surface area contributed by atoms with Crippen LogP contribution in [0, 0.1) is 5.92 Å². The molecule has 1 saturated heterocycles. The molecule has 1 aliphatic rings. The Morgan fingerprint density at radius 3 is 2.55 bits per heavy atom. The van der Waals surface area contributed by atoms with Crippen LogP contribution in [0.2, 0.25) is 0 Å². The Hall–Kier alpha value is -2.71. The Kier molecular flexibility index (Phi) is 7.97. The van der Waals surface area contributed by atoms with Gasteiger partial charge in [0.25, 0.3) is 0 Å². The predicted molar refractivity (Wildman–Crippen MR) is 110 cm³/mol. The smallest absolute Gasteiger partial charge is 0.444 e. The summed E-state index contributed by atoms with van der Waals surface area (Å²) in [6.45, 7) is 6.84. The topological polar surface area (TPSA) is 59.1 Å². The third kappa shape index (κ3) is 8.51. The maximum Gasteiger partial charge on any atom is 0.573 e. The van der Waals surface area contributed by atoms with Crippen LogP contribution < -0.4 is 4.74 Å². The van der Waals surface area contributed by atoms with Crippen molar-refractivity contribution in [1.29, 1.82) is 0 Å². The first kappa shape index (κ1) is 24.6. The fourth-order valence-electron chi connectivity index (χ4n) is 3.32. The van der Waals surface area contributed by atoms with Gasteiger partial charge < -0.3 is 19.3 Å². The van der Waals surface area contributed by atoms with E-state index in [1.807, 2.05) is 0 Å². The van der Waals surface area contributed by atoms with Gasteiger partial charge in [-0.3, -0.25) is 4.79 Å². The second-order valence-electron chi connectivity index (χ2n) is 8.57. The van der Waals surface area contributed by atoms with E-state index < -0.39 is 18.1 Å². The number of rotatable bonds is 5. The normalized spacial score (nSPS) is 17.5. The van der Waals surface area contributed by atoms with Crippen LogP contribution in [0.4, 0.5) is 18.0 Å². The number of hydrogen-bond acceptors (Lipinski definition) is 4. The molecule has 1 aromatic rings. The minimum atomic E-state index is -4.81. The molecule has 1 aliphatic heterocycles. The zero-order valence-corrected chi connectivity index (χ0v) is 18.2. The van der Waals surface area contributed by atoms with Gasteiger partial charge in [0.05, 0.1) is 0 Å². The standard InChI is InChI=1S/C22H29F3N2O4/c1-21(2,3)31-20(29)26(4)14-16-8-7-13-27(15-16)19(28)12-11-17-9-5-6-10-18(17)30-22(23,24)25/h5-6,9-12,16H,7-8,13-15H2,1-4H3/b12-11+. The molecular weight excluding hydrogens is 413 g/mol. The summed E-state index contributed by atoms with van der Waals surface area (Å²) in [6.07, 6.45) is -1.02. The first-order chi connectivity index (χ1) is 14.3. The van der Waals surface area contributed by atoms with Crippen LogP contribution in [-0.2, 0) is 9.53 Å². The van der Waals surface area contributed by atoms with Crippen LogP contribution in [0.25, 0.3) is 6.08 Å². The highest BCUT2D eigenvalue weighted by Crippen LogP contribution is 2.27. The average Bonchev–Trinajstić information content (AvgIpc) is 2.64. The summed E-state index contributed by atoms with van der Waals surface area (Å²) in [5.74, 6) is -0.578. The molecule has 0 spiro atoms. The van der Waals surface area contributed by atoms with Gasteiger partial charge in [-0.15, -0.1) is 13.2 Å². The van der Waals surface area contributed by atoms with E-state index in [9.17, 15) is 22.8 Å². The summed E-state index contributed by atoms with van der Waals surface area (Å²) in [5.41, 5.74) is -0.428. The van der Waals surface area contributed by atoms with Crippen molar-refractivity contribution < 1.29 is 32.2 Å². The van der Waals surface area contributed by atoms with Crippen molar-refractivity contribution in [3.63, 3.8) is 0 Å². The molecular formula is C22H29F3N2O4. The van der Waals surface area contributed by atoms with Gasteiger partial charge in [-0.05, 0) is 51.7 Å². The minimum Gasteiger partial charge on any atom is -0.444 e. The van der Waals surface area contributed by atoms with E-state index >= 15 is 0 Å². The molecule has 1 atom stereocenters. The zero-order valence-electron chi connectivity index (χ0n) is 18.2. The number of amides is 2. The molecule has 6 nitrogen and oxygen atoms in total. The lowest BCUT2D eigenvalue weighted by atomic mass is 9.97. The molecule has 0 aliphatic carbocycles. The van der Waals surface area contributed by atoms with Crippen LogP contribution in [0.15, 0.2) is 30.3 Å². The van der Waals surface area contributed by atoms with Crippen molar-refractivity contribution in [1.82, 2.24) is 9.80 Å². The number of ether oxygens (including phenoxy) is 2. The fraction of sp³-hybridized carbons (Fsp3) is 0.545. The summed E-state index contributed by atoms with van der Waals surface area (Å²) in [7, 11) is 1.66. The monoisotopic (exact) mass is 442 g/mol. The largest absolute Gasteiger partial charge is 0.573 e. The van der Waals surface area contributed by atoms with Crippen LogP contribution in [0.1, 0.15) is 39.2 Å². The summed E-state index contributed by atoms with van der Waals surface area (Å²) in [5, 5.41) is 0. The lowest BCUT2D eigenvalue weighted by Crippen LogP contribution is -2.44. The number of carbonyl (C=O) groups excluding carboxylic acids is 2. The van der Waals surface area contributed by atoms with Crippen LogP contribution in [-0.4, -0.2) is 60.4 Å². The molecule has 0 saturated carbocycles. The van der Waals surface area contributed by atoms with Crippen LogP contribution in [0.5, 0.6) is 5.75 Å². The van der Waals surface area contributed by atoms with Crippen LogP contribution in [0.3, 0.4) is 0 Å². The van der Waals surface area contributed by atoms with Crippen molar-refractivity contribution in [3.05, 3.63) is 35.9 Å². The van der Waals surface area contributed by atoms with E-state index in [1.54, 1.807) is 38.8 Å². The van der Waals surface area contributed by atoms with E-state index in [-0.39, 0.29) is 23.1 Å². The highest BCUT2D eigenvalue weighted by molar-refractivity contribution is 5.92. The number of nitrogens with zero attached hydrogens (tertiary/aromatic N) is 2. The SMILES string of the molecule is CN(CC1CCCN(C(=O)/C=C/c2ccccc2OC(F)(F)F)C1)C(=O)OC(C)(C)C. The maximum absolute atomic E-state index is 12.6. The van der Waals surface area contributed by atoms with Crippen molar-refractivity contribution in [2.45, 2.75) is 45.6 Å².